The second-order valence-corrected chi connectivity index (χ2v) is 6.73. The number of nitrogens with zero attached hydrogens (tertiary/aromatic N) is 1. The third-order valence-corrected chi connectivity index (χ3v) is 4.68. The molecule has 1 heterocycles. The second kappa shape index (κ2) is 7.97. The van der Waals surface area contributed by atoms with Gasteiger partial charge in [-0.05, 0) is 29.9 Å². The molecule has 4 nitrogen and oxygen atoms in total. The van der Waals surface area contributed by atoms with E-state index in [1.54, 1.807) is 4.90 Å². The molecule has 1 aliphatic heterocycles. The van der Waals surface area contributed by atoms with Gasteiger partial charge in [-0.1, -0.05) is 67.6 Å². The molecule has 1 fully saturated rings. The Balaban J connectivity index is 1.78. The Morgan fingerprint density at radius 2 is 1.56 bits per heavy atom. The predicted molar refractivity (Wildman–Crippen MR) is 97.8 cm³/mol. The van der Waals surface area contributed by atoms with E-state index in [0.29, 0.717) is 19.0 Å². The van der Waals surface area contributed by atoms with Crippen LogP contribution >= 0.6 is 0 Å². The predicted octanol–water partition coefficient (Wildman–Crippen LogP) is 3.15. The Morgan fingerprint density at radius 1 is 1.00 bits per heavy atom. The maximum absolute atomic E-state index is 12.6. The molecule has 4 heteroatoms. The van der Waals surface area contributed by atoms with Crippen LogP contribution in [0.15, 0.2) is 60.7 Å². The smallest absolute Gasteiger partial charge is 0.311 e. The van der Waals surface area contributed by atoms with E-state index in [0.717, 1.165) is 24.0 Å². The molecule has 2 aromatic rings. The maximum atomic E-state index is 12.6. The van der Waals surface area contributed by atoms with Crippen molar-refractivity contribution in [2.45, 2.75) is 25.8 Å². The summed E-state index contributed by atoms with van der Waals surface area (Å²) >= 11 is 0. The fraction of sp³-hybridized carbons (Fsp3) is 0.333. The molecule has 0 spiro atoms. The van der Waals surface area contributed by atoms with Crippen molar-refractivity contribution < 1.29 is 9.59 Å². The number of nitrogens with one attached hydrogen (secondary N) is 1. The van der Waals surface area contributed by atoms with Gasteiger partial charge in [0, 0.05) is 13.1 Å². The van der Waals surface area contributed by atoms with Crippen molar-refractivity contribution in [3.05, 3.63) is 71.8 Å². The van der Waals surface area contributed by atoms with Gasteiger partial charge < -0.3 is 10.2 Å². The highest BCUT2D eigenvalue weighted by Crippen LogP contribution is 2.22. The monoisotopic (exact) mass is 336 g/mol. The van der Waals surface area contributed by atoms with Gasteiger partial charge in [-0.2, -0.15) is 0 Å². The van der Waals surface area contributed by atoms with Gasteiger partial charge in [-0.15, -0.1) is 0 Å². The van der Waals surface area contributed by atoms with Gasteiger partial charge in [0.15, 0.2) is 0 Å². The average Bonchev–Trinajstić information content (AvgIpc) is 2.66. The third-order valence-electron chi connectivity index (χ3n) is 4.68. The number of piperidine rings is 1. The quantitative estimate of drug-likeness (QED) is 0.876. The van der Waals surface area contributed by atoms with Crippen molar-refractivity contribution >= 4 is 11.8 Å². The molecule has 130 valence electrons. The van der Waals surface area contributed by atoms with E-state index in [1.165, 1.54) is 0 Å². The summed E-state index contributed by atoms with van der Waals surface area (Å²) in [4.78, 5) is 26.8. The number of benzene rings is 2. The summed E-state index contributed by atoms with van der Waals surface area (Å²) in [6.07, 6.45) is 2.07. The van der Waals surface area contributed by atoms with Gasteiger partial charge in [-0.3, -0.25) is 9.59 Å². The van der Waals surface area contributed by atoms with Crippen molar-refractivity contribution in [2.24, 2.45) is 5.92 Å². The zero-order chi connectivity index (χ0) is 17.6. The van der Waals surface area contributed by atoms with Crippen LogP contribution in [0.3, 0.4) is 0 Å². The first-order valence-corrected chi connectivity index (χ1v) is 8.85. The molecule has 1 saturated heterocycles. The molecule has 0 bridgehead atoms. The molecule has 2 aromatic carbocycles. The van der Waals surface area contributed by atoms with Crippen LogP contribution in [-0.4, -0.2) is 29.8 Å². The molecular formula is C21H24N2O2. The van der Waals surface area contributed by atoms with Gasteiger partial charge in [0.1, 0.15) is 0 Å². The van der Waals surface area contributed by atoms with Crippen LogP contribution in [-0.2, 0) is 9.59 Å². The lowest BCUT2D eigenvalue weighted by atomic mass is 9.98. The summed E-state index contributed by atoms with van der Waals surface area (Å²) in [6.45, 7) is 3.44. The van der Waals surface area contributed by atoms with Crippen LogP contribution < -0.4 is 5.32 Å². The number of carbonyl (C=O) groups is 2. The molecule has 3 rings (SSSR count). The van der Waals surface area contributed by atoms with E-state index < -0.39 is 11.8 Å². The summed E-state index contributed by atoms with van der Waals surface area (Å²) in [5, 5.41) is 2.93. The lowest BCUT2D eigenvalue weighted by Gasteiger charge is -2.31. The van der Waals surface area contributed by atoms with Crippen molar-refractivity contribution in [1.82, 2.24) is 10.2 Å². The van der Waals surface area contributed by atoms with Crippen LogP contribution in [0.1, 0.15) is 36.9 Å². The van der Waals surface area contributed by atoms with Gasteiger partial charge in [0.05, 0.1) is 6.04 Å². The van der Waals surface area contributed by atoms with Gasteiger partial charge in [-0.25, -0.2) is 0 Å². The average molecular weight is 336 g/mol. The zero-order valence-corrected chi connectivity index (χ0v) is 14.5. The highest BCUT2D eigenvalue weighted by Gasteiger charge is 2.28. The molecular weight excluding hydrogens is 312 g/mol. The second-order valence-electron chi connectivity index (χ2n) is 6.73. The molecule has 25 heavy (non-hydrogen) atoms. The number of carbonyl (C=O) groups excluding carboxylic acids is 2. The van der Waals surface area contributed by atoms with Crippen LogP contribution in [0.25, 0.3) is 0 Å². The Kier molecular flexibility index (Phi) is 5.49. The van der Waals surface area contributed by atoms with Crippen molar-refractivity contribution in [1.29, 1.82) is 0 Å². The van der Waals surface area contributed by atoms with E-state index >= 15 is 0 Å². The van der Waals surface area contributed by atoms with Crippen LogP contribution in [0.4, 0.5) is 0 Å². The lowest BCUT2D eigenvalue weighted by molar-refractivity contribution is -0.147. The number of hydrogen-bond donors (Lipinski definition) is 1. The Hall–Kier alpha value is -2.62. The van der Waals surface area contributed by atoms with Gasteiger partial charge >= 0.3 is 11.8 Å². The highest BCUT2D eigenvalue weighted by atomic mass is 16.2. The van der Waals surface area contributed by atoms with Gasteiger partial charge in [0.2, 0.25) is 0 Å². The van der Waals surface area contributed by atoms with Crippen LogP contribution in [0.2, 0.25) is 0 Å². The van der Waals surface area contributed by atoms with E-state index in [9.17, 15) is 9.59 Å². The summed E-state index contributed by atoms with van der Waals surface area (Å²) in [7, 11) is 0. The van der Waals surface area contributed by atoms with E-state index in [4.69, 9.17) is 0 Å². The number of rotatable bonds is 3. The highest BCUT2D eigenvalue weighted by molar-refractivity contribution is 6.35. The van der Waals surface area contributed by atoms with Crippen molar-refractivity contribution in [2.75, 3.05) is 13.1 Å². The summed E-state index contributed by atoms with van der Waals surface area (Å²) in [5.41, 5.74) is 1.92. The summed E-state index contributed by atoms with van der Waals surface area (Å²) in [6, 6.07) is 19.1. The normalized spacial score (nSPS) is 17.4. The number of amides is 2. The molecule has 0 aliphatic carbocycles. The van der Waals surface area contributed by atoms with E-state index in [1.807, 2.05) is 60.7 Å². The molecule has 2 amide bonds. The van der Waals surface area contributed by atoms with E-state index in [2.05, 4.69) is 12.2 Å². The van der Waals surface area contributed by atoms with Crippen molar-refractivity contribution in [3.63, 3.8) is 0 Å². The van der Waals surface area contributed by atoms with Crippen molar-refractivity contribution in [3.8, 4) is 0 Å². The third kappa shape index (κ3) is 4.27. The molecule has 1 aliphatic rings. The van der Waals surface area contributed by atoms with Crippen LogP contribution in [0.5, 0.6) is 0 Å². The van der Waals surface area contributed by atoms with Crippen LogP contribution in [0, 0.1) is 5.92 Å². The topological polar surface area (TPSA) is 49.4 Å². The Labute approximate surface area is 148 Å². The number of likely N-dealkylation sites (tertiary alicyclic amines) is 1. The molecule has 1 atom stereocenters. The van der Waals surface area contributed by atoms with E-state index in [-0.39, 0.29) is 6.04 Å². The molecule has 0 saturated carbocycles. The standard InChI is InChI=1S/C21H24N2O2/c1-16-9-8-14-23(15-16)21(25)20(24)22-19(17-10-4-2-5-11-17)18-12-6-3-7-13-18/h2-7,10-13,16,19H,8-9,14-15H2,1H3,(H,22,24). The minimum Gasteiger partial charge on any atom is -0.337 e. The largest absolute Gasteiger partial charge is 0.337 e. The lowest BCUT2D eigenvalue weighted by Crippen LogP contribution is -2.47. The maximum Gasteiger partial charge on any atom is 0.311 e. The first kappa shape index (κ1) is 17.2. The Morgan fingerprint density at radius 3 is 2.08 bits per heavy atom. The van der Waals surface area contributed by atoms with Gasteiger partial charge in [0.25, 0.3) is 0 Å². The molecule has 0 radical (unpaired) electrons. The minimum atomic E-state index is -0.535. The summed E-state index contributed by atoms with van der Waals surface area (Å²) < 4.78 is 0. The molecule has 1 unspecified atom stereocenters. The first-order chi connectivity index (χ1) is 12.1. The first-order valence-electron chi connectivity index (χ1n) is 8.85. The number of hydrogen-bond acceptors (Lipinski definition) is 2. The SMILES string of the molecule is CC1CCCN(C(=O)C(=O)NC(c2ccccc2)c2ccccc2)C1. The minimum absolute atomic E-state index is 0.332. The zero-order valence-electron chi connectivity index (χ0n) is 14.5. The fourth-order valence-corrected chi connectivity index (χ4v) is 3.36. The fourth-order valence-electron chi connectivity index (χ4n) is 3.36. The molecule has 1 N–H and O–H groups in total. The Bertz CT molecular complexity index is 676. The molecule has 0 aromatic heterocycles. The summed E-state index contributed by atoms with van der Waals surface area (Å²) in [5.74, 6) is -0.514.